The lowest BCUT2D eigenvalue weighted by molar-refractivity contribution is -0.104. The van der Waals surface area contributed by atoms with Crippen molar-refractivity contribution < 1.29 is 4.79 Å². The van der Waals surface area contributed by atoms with Gasteiger partial charge in [0.15, 0.2) is 0 Å². The molecule has 0 aromatic heterocycles. The van der Waals surface area contributed by atoms with E-state index < -0.39 is 0 Å². The van der Waals surface area contributed by atoms with E-state index >= 15 is 0 Å². The molecule has 0 fully saturated rings. The molecule has 15 heavy (non-hydrogen) atoms. The topological polar surface area (TPSA) is 66.9 Å². The summed E-state index contributed by atoms with van der Waals surface area (Å²) in [6.07, 6.45) is 10.4. The molecule has 0 bridgehead atoms. The maximum atomic E-state index is 10.4. The first kappa shape index (κ1) is 13.1. The molecule has 0 saturated heterocycles. The third-order valence-corrected chi connectivity index (χ3v) is 1.82. The number of carbonyl (C=O) groups excluding carboxylic acids is 1. The second-order valence-corrected chi connectivity index (χ2v) is 2.90. The molecule has 0 radical (unpaired) electrons. The molecule has 3 N–H and O–H groups in total. The van der Waals surface area contributed by atoms with Crippen LogP contribution in [0, 0.1) is 5.41 Å². The van der Waals surface area contributed by atoms with E-state index in [1.54, 1.807) is 31.2 Å². The number of carbonyl (C=O) groups is 1. The molecule has 0 unspecified atom stereocenters. The first-order chi connectivity index (χ1) is 7.15. The number of rotatable bonds is 5. The Morgan fingerprint density at radius 3 is 2.47 bits per heavy atom. The Hall–Kier alpha value is -1.90. The SMILES string of the molecule is C\C=C(C=O)/C=C\C=C(C)\C(N)=C\C=N. The van der Waals surface area contributed by atoms with Crippen molar-refractivity contribution in [2.24, 2.45) is 5.73 Å². The van der Waals surface area contributed by atoms with Gasteiger partial charge in [-0.1, -0.05) is 24.3 Å². The van der Waals surface area contributed by atoms with Gasteiger partial charge in [0.2, 0.25) is 0 Å². The summed E-state index contributed by atoms with van der Waals surface area (Å²) in [5.41, 5.74) is 7.65. The van der Waals surface area contributed by atoms with Crippen LogP contribution in [0.5, 0.6) is 0 Å². The lowest BCUT2D eigenvalue weighted by Crippen LogP contribution is -1.98. The molecule has 0 aromatic carbocycles. The molecular formula is C12H16N2O. The summed E-state index contributed by atoms with van der Waals surface area (Å²) in [6, 6.07) is 0. The van der Waals surface area contributed by atoms with Crippen LogP contribution in [-0.4, -0.2) is 12.5 Å². The van der Waals surface area contributed by atoms with E-state index in [0.29, 0.717) is 11.3 Å². The van der Waals surface area contributed by atoms with E-state index in [0.717, 1.165) is 18.1 Å². The van der Waals surface area contributed by atoms with Crippen molar-refractivity contribution >= 4 is 12.5 Å². The lowest BCUT2D eigenvalue weighted by Gasteiger charge is -1.97. The van der Waals surface area contributed by atoms with Crippen molar-refractivity contribution in [2.45, 2.75) is 13.8 Å². The number of hydrogen-bond acceptors (Lipinski definition) is 3. The van der Waals surface area contributed by atoms with E-state index in [1.165, 1.54) is 6.08 Å². The third kappa shape index (κ3) is 5.41. The average molecular weight is 204 g/mol. The minimum Gasteiger partial charge on any atom is -0.398 e. The summed E-state index contributed by atoms with van der Waals surface area (Å²) in [5, 5.41) is 6.85. The highest BCUT2D eigenvalue weighted by atomic mass is 16.1. The smallest absolute Gasteiger partial charge is 0.149 e. The van der Waals surface area contributed by atoms with Crippen LogP contribution in [0.1, 0.15) is 13.8 Å². The Morgan fingerprint density at radius 2 is 2.00 bits per heavy atom. The van der Waals surface area contributed by atoms with Gasteiger partial charge in [0, 0.05) is 17.5 Å². The lowest BCUT2D eigenvalue weighted by atomic mass is 10.2. The Balaban J connectivity index is 4.59. The minimum absolute atomic E-state index is 0.544. The molecule has 0 amide bonds. The van der Waals surface area contributed by atoms with Crippen molar-refractivity contribution in [1.29, 1.82) is 5.41 Å². The average Bonchev–Trinajstić information content (AvgIpc) is 2.24. The Morgan fingerprint density at radius 1 is 1.33 bits per heavy atom. The van der Waals surface area contributed by atoms with Crippen molar-refractivity contribution in [2.75, 3.05) is 0 Å². The molecule has 0 aliphatic carbocycles. The van der Waals surface area contributed by atoms with Crippen LogP contribution in [0.25, 0.3) is 0 Å². The van der Waals surface area contributed by atoms with Gasteiger partial charge >= 0.3 is 0 Å². The molecule has 0 aromatic rings. The summed E-state index contributed by atoms with van der Waals surface area (Å²) in [5.74, 6) is 0. The van der Waals surface area contributed by atoms with Crippen LogP contribution in [0.2, 0.25) is 0 Å². The van der Waals surface area contributed by atoms with Gasteiger partial charge in [0.05, 0.1) is 0 Å². The van der Waals surface area contributed by atoms with E-state index in [9.17, 15) is 4.79 Å². The van der Waals surface area contributed by atoms with Crippen LogP contribution in [0.15, 0.2) is 47.2 Å². The highest BCUT2D eigenvalue weighted by Gasteiger charge is 1.89. The van der Waals surface area contributed by atoms with Crippen LogP contribution >= 0.6 is 0 Å². The van der Waals surface area contributed by atoms with Gasteiger partial charge in [-0.05, 0) is 25.5 Å². The second-order valence-electron chi connectivity index (χ2n) is 2.90. The second kappa shape index (κ2) is 7.50. The first-order valence-corrected chi connectivity index (χ1v) is 4.58. The van der Waals surface area contributed by atoms with E-state index in [4.69, 9.17) is 11.1 Å². The number of nitrogens with two attached hydrogens (primary N) is 1. The van der Waals surface area contributed by atoms with Crippen LogP contribution < -0.4 is 5.73 Å². The maximum Gasteiger partial charge on any atom is 0.149 e. The zero-order valence-corrected chi connectivity index (χ0v) is 9.03. The van der Waals surface area contributed by atoms with Gasteiger partial charge in [-0.25, -0.2) is 0 Å². The highest BCUT2D eigenvalue weighted by Crippen LogP contribution is 2.02. The van der Waals surface area contributed by atoms with Crippen molar-refractivity contribution in [1.82, 2.24) is 0 Å². The van der Waals surface area contributed by atoms with Gasteiger partial charge < -0.3 is 11.1 Å². The van der Waals surface area contributed by atoms with Crippen molar-refractivity contribution in [3.05, 3.63) is 47.2 Å². The fourth-order valence-electron chi connectivity index (χ4n) is 0.825. The molecule has 0 aliphatic rings. The Bertz CT molecular complexity index is 347. The Kier molecular flexibility index (Phi) is 6.55. The number of allylic oxidation sites excluding steroid dienone is 7. The normalized spacial score (nSPS) is 14.4. The molecule has 3 nitrogen and oxygen atoms in total. The Labute approximate surface area is 90.2 Å². The fourth-order valence-corrected chi connectivity index (χ4v) is 0.825. The van der Waals surface area contributed by atoms with Crippen molar-refractivity contribution in [3.63, 3.8) is 0 Å². The summed E-state index contributed by atoms with van der Waals surface area (Å²) in [4.78, 5) is 10.4. The molecule has 0 heterocycles. The number of hydrogen-bond donors (Lipinski definition) is 2. The standard InChI is InChI=1S/C12H16N2O/c1-3-11(9-15)6-4-5-10(2)12(14)7-8-13/h3-9,13H,14H2,1-2H3/b6-4-,10-5+,11-3+,12-7-,13-8?. The minimum atomic E-state index is 0.544. The molecule has 0 aliphatic heterocycles. The van der Waals surface area contributed by atoms with Crippen LogP contribution in [0.4, 0.5) is 0 Å². The fraction of sp³-hybridized carbons (Fsp3) is 0.167. The van der Waals surface area contributed by atoms with Gasteiger partial charge in [-0.15, -0.1) is 0 Å². The predicted molar refractivity (Wildman–Crippen MR) is 63.8 cm³/mol. The van der Waals surface area contributed by atoms with Gasteiger partial charge in [-0.2, -0.15) is 0 Å². The molecule has 0 saturated carbocycles. The van der Waals surface area contributed by atoms with E-state index in [-0.39, 0.29) is 0 Å². The summed E-state index contributed by atoms with van der Waals surface area (Å²) >= 11 is 0. The van der Waals surface area contributed by atoms with Crippen LogP contribution in [-0.2, 0) is 4.79 Å². The maximum absolute atomic E-state index is 10.4. The number of nitrogens with one attached hydrogen (secondary N) is 1. The van der Waals surface area contributed by atoms with Crippen LogP contribution in [0.3, 0.4) is 0 Å². The summed E-state index contributed by atoms with van der Waals surface area (Å²) < 4.78 is 0. The summed E-state index contributed by atoms with van der Waals surface area (Å²) in [6.45, 7) is 3.64. The summed E-state index contributed by atoms with van der Waals surface area (Å²) in [7, 11) is 0. The van der Waals surface area contributed by atoms with Crippen molar-refractivity contribution in [3.8, 4) is 0 Å². The van der Waals surface area contributed by atoms with E-state index in [1.807, 2.05) is 6.92 Å². The zero-order valence-electron chi connectivity index (χ0n) is 9.03. The quantitative estimate of drug-likeness (QED) is 0.312. The van der Waals surface area contributed by atoms with E-state index in [2.05, 4.69) is 0 Å². The van der Waals surface area contributed by atoms with Gasteiger partial charge in [0.1, 0.15) is 6.29 Å². The zero-order chi connectivity index (χ0) is 11.7. The van der Waals surface area contributed by atoms with Gasteiger partial charge in [-0.3, -0.25) is 4.79 Å². The molecular weight excluding hydrogens is 188 g/mol. The molecule has 0 rings (SSSR count). The molecule has 0 spiro atoms. The third-order valence-electron chi connectivity index (χ3n) is 1.82. The van der Waals surface area contributed by atoms with Gasteiger partial charge in [0.25, 0.3) is 0 Å². The molecule has 80 valence electrons. The largest absolute Gasteiger partial charge is 0.398 e. The molecule has 0 atom stereocenters. The monoisotopic (exact) mass is 204 g/mol. The number of aldehydes is 1. The predicted octanol–water partition coefficient (Wildman–Crippen LogP) is 2.13. The first-order valence-electron chi connectivity index (χ1n) is 4.58. The molecule has 3 heteroatoms. The highest BCUT2D eigenvalue weighted by molar-refractivity contribution is 5.77.